The highest BCUT2D eigenvalue weighted by atomic mass is 35.5. The molecule has 0 aliphatic carbocycles. The maximum absolute atomic E-state index is 5.78. The number of halogens is 1. The van der Waals surface area contributed by atoms with E-state index in [1.165, 1.54) is 25.7 Å². The molecule has 1 aromatic carbocycles. The van der Waals surface area contributed by atoms with Gasteiger partial charge in [0.2, 0.25) is 0 Å². The highest BCUT2D eigenvalue weighted by Crippen LogP contribution is 2.15. The van der Waals surface area contributed by atoms with Crippen LogP contribution < -0.4 is 4.74 Å². The first kappa shape index (κ1) is 13.4. The lowest BCUT2D eigenvalue weighted by molar-refractivity contribution is 0.306. The van der Waals surface area contributed by atoms with E-state index in [-0.39, 0.29) is 0 Å². The monoisotopic (exact) mass is 239 g/mol. The van der Waals surface area contributed by atoms with Gasteiger partial charge >= 0.3 is 0 Å². The van der Waals surface area contributed by atoms with Crippen molar-refractivity contribution in [1.29, 1.82) is 0 Å². The van der Waals surface area contributed by atoms with Crippen molar-refractivity contribution >= 4 is 11.6 Å². The molecule has 1 aromatic rings. The Kier molecular flexibility index (Phi) is 7.07. The molecule has 0 heterocycles. The fraction of sp³-hybridized carbons (Fsp3) is 0.500. The average Bonchev–Trinajstić information content (AvgIpc) is 2.30. The zero-order valence-corrected chi connectivity index (χ0v) is 10.7. The van der Waals surface area contributed by atoms with E-state index in [4.69, 9.17) is 16.3 Å². The topological polar surface area (TPSA) is 9.23 Å². The lowest BCUT2D eigenvalue weighted by atomic mass is 10.1. The second-order valence-electron chi connectivity index (χ2n) is 3.88. The van der Waals surface area contributed by atoms with Gasteiger partial charge in [-0.15, -0.1) is 0 Å². The van der Waals surface area contributed by atoms with Gasteiger partial charge in [0.25, 0.3) is 0 Å². The Morgan fingerprint density at radius 1 is 1.12 bits per heavy atom. The largest absolute Gasteiger partial charge is 0.494 e. The lowest BCUT2D eigenvalue weighted by Gasteiger charge is -2.05. The van der Waals surface area contributed by atoms with Crippen LogP contribution in [-0.4, -0.2) is 6.61 Å². The summed E-state index contributed by atoms with van der Waals surface area (Å²) in [6, 6.07) is 7.52. The van der Waals surface area contributed by atoms with Gasteiger partial charge < -0.3 is 4.74 Å². The maximum Gasteiger partial charge on any atom is 0.119 e. The molecular formula is C14H20ClO. The fourth-order valence-electron chi connectivity index (χ4n) is 1.46. The van der Waals surface area contributed by atoms with E-state index < -0.39 is 0 Å². The molecular weight excluding hydrogens is 220 g/mol. The van der Waals surface area contributed by atoms with Crippen molar-refractivity contribution in [2.45, 2.75) is 39.0 Å². The summed E-state index contributed by atoms with van der Waals surface area (Å²) >= 11 is 5.78. The first-order valence-corrected chi connectivity index (χ1v) is 6.40. The molecule has 89 valence electrons. The molecule has 0 unspecified atom stereocenters. The minimum absolute atomic E-state index is 0.751. The molecule has 0 aromatic heterocycles. The summed E-state index contributed by atoms with van der Waals surface area (Å²) in [5, 5.41) is 0.751. The molecule has 16 heavy (non-hydrogen) atoms. The summed E-state index contributed by atoms with van der Waals surface area (Å²) in [5.41, 5.74) is 0. The van der Waals surface area contributed by atoms with E-state index in [0.29, 0.717) is 0 Å². The smallest absolute Gasteiger partial charge is 0.119 e. The predicted octanol–water partition coefficient (Wildman–Crippen LogP) is 4.89. The van der Waals surface area contributed by atoms with Gasteiger partial charge in [0, 0.05) is 5.02 Å². The molecule has 0 saturated heterocycles. The number of hydrogen-bond acceptors (Lipinski definition) is 1. The van der Waals surface area contributed by atoms with Crippen molar-refractivity contribution in [3.05, 3.63) is 35.7 Å². The van der Waals surface area contributed by atoms with Gasteiger partial charge in [-0.1, -0.05) is 37.8 Å². The summed E-state index contributed by atoms with van der Waals surface area (Å²) in [4.78, 5) is 0. The molecule has 0 fully saturated rings. The number of ether oxygens (including phenoxy) is 1. The van der Waals surface area contributed by atoms with Crippen molar-refractivity contribution in [2.24, 2.45) is 0 Å². The van der Waals surface area contributed by atoms with Crippen molar-refractivity contribution < 1.29 is 4.74 Å². The summed E-state index contributed by atoms with van der Waals surface area (Å²) in [6.07, 6.45) is 8.38. The van der Waals surface area contributed by atoms with E-state index in [1.54, 1.807) is 0 Å². The SMILES string of the molecule is CCC[CH]CCCCOc1ccc(Cl)cc1. The standard InChI is InChI=1S/C14H20ClO/c1-2-3-4-5-6-7-12-16-14-10-8-13(15)9-11-14/h4,8-11H,2-3,5-7,12H2,1H3. The molecule has 0 atom stereocenters. The van der Waals surface area contributed by atoms with Gasteiger partial charge in [-0.3, -0.25) is 0 Å². The summed E-state index contributed by atoms with van der Waals surface area (Å²) in [6.45, 7) is 3.00. The average molecular weight is 240 g/mol. The van der Waals surface area contributed by atoms with Crippen LogP contribution in [0.1, 0.15) is 39.0 Å². The van der Waals surface area contributed by atoms with Crippen LogP contribution in [0.4, 0.5) is 0 Å². The van der Waals surface area contributed by atoms with Crippen LogP contribution in [0.5, 0.6) is 5.75 Å². The zero-order valence-electron chi connectivity index (χ0n) is 9.92. The van der Waals surface area contributed by atoms with Gasteiger partial charge in [-0.05, 0) is 43.5 Å². The molecule has 0 bridgehead atoms. The van der Waals surface area contributed by atoms with E-state index in [9.17, 15) is 0 Å². The van der Waals surface area contributed by atoms with Crippen LogP contribution in [0.2, 0.25) is 5.02 Å². The number of unbranched alkanes of at least 4 members (excludes halogenated alkanes) is 5. The van der Waals surface area contributed by atoms with E-state index in [1.807, 2.05) is 24.3 Å². The molecule has 2 heteroatoms. The number of rotatable bonds is 8. The highest BCUT2D eigenvalue weighted by molar-refractivity contribution is 6.30. The zero-order chi connectivity index (χ0) is 11.6. The van der Waals surface area contributed by atoms with E-state index >= 15 is 0 Å². The lowest BCUT2D eigenvalue weighted by Crippen LogP contribution is -1.97. The van der Waals surface area contributed by atoms with Crippen LogP contribution >= 0.6 is 11.6 Å². The third-order valence-corrected chi connectivity index (χ3v) is 2.63. The van der Waals surface area contributed by atoms with Gasteiger partial charge in [-0.2, -0.15) is 0 Å². The van der Waals surface area contributed by atoms with E-state index in [0.717, 1.165) is 23.8 Å². The fourth-order valence-corrected chi connectivity index (χ4v) is 1.59. The molecule has 1 nitrogen and oxygen atoms in total. The van der Waals surface area contributed by atoms with Crippen LogP contribution in [0.3, 0.4) is 0 Å². The summed E-state index contributed by atoms with van der Waals surface area (Å²) in [5.74, 6) is 0.905. The van der Waals surface area contributed by atoms with Crippen molar-refractivity contribution in [1.82, 2.24) is 0 Å². The van der Waals surface area contributed by atoms with Crippen molar-refractivity contribution in [2.75, 3.05) is 6.61 Å². The Morgan fingerprint density at radius 3 is 2.56 bits per heavy atom. The predicted molar refractivity (Wildman–Crippen MR) is 70.0 cm³/mol. The molecule has 1 radical (unpaired) electrons. The van der Waals surface area contributed by atoms with Crippen molar-refractivity contribution in [3.8, 4) is 5.75 Å². The first-order valence-electron chi connectivity index (χ1n) is 6.03. The summed E-state index contributed by atoms with van der Waals surface area (Å²) < 4.78 is 5.59. The molecule has 0 N–H and O–H groups in total. The second kappa shape index (κ2) is 8.46. The van der Waals surface area contributed by atoms with Gasteiger partial charge in [-0.25, -0.2) is 0 Å². The van der Waals surface area contributed by atoms with Gasteiger partial charge in [0.05, 0.1) is 6.61 Å². The van der Waals surface area contributed by atoms with E-state index in [2.05, 4.69) is 13.3 Å². The van der Waals surface area contributed by atoms with Crippen LogP contribution in [-0.2, 0) is 0 Å². The normalized spacial score (nSPS) is 10.4. The van der Waals surface area contributed by atoms with Gasteiger partial charge in [0.15, 0.2) is 0 Å². The number of benzene rings is 1. The number of hydrogen-bond donors (Lipinski definition) is 0. The van der Waals surface area contributed by atoms with Crippen LogP contribution in [0, 0.1) is 6.42 Å². The Morgan fingerprint density at radius 2 is 1.88 bits per heavy atom. The van der Waals surface area contributed by atoms with Crippen molar-refractivity contribution in [3.63, 3.8) is 0 Å². The quantitative estimate of drug-likeness (QED) is 0.587. The van der Waals surface area contributed by atoms with Crippen LogP contribution in [0.25, 0.3) is 0 Å². The van der Waals surface area contributed by atoms with Crippen LogP contribution in [0.15, 0.2) is 24.3 Å². The molecule has 0 aliphatic rings. The summed E-state index contributed by atoms with van der Waals surface area (Å²) in [7, 11) is 0. The Labute approximate surface area is 104 Å². The van der Waals surface area contributed by atoms with Gasteiger partial charge in [0.1, 0.15) is 5.75 Å². The third kappa shape index (κ3) is 6.02. The minimum Gasteiger partial charge on any atom is -0.494 e. The third-order valence-electron chi connectivity index (χ3n) is 2.38. The Balaban J connectivity index is 2.01. The molecule has 0 saturated carbocycles. The molecule has 0 amide bonds. The Hall–Kier alpha value is -0.690. The minimum atomic E-state index is 0.751. The first-order chi connectivity index (χ1) is 7.83. The second-order valence-corrected chi connectivity index (χ2v) is 4.31. The molecule has 0 spiro atoms. The maximum atomic E-state index is 5.78. The molecule has 0 aliphatic heterocycles. The molecule has 1 rings (SSSR count). The highest BCUT2D eigenvalue weighted by Gasteiger charge is 1.94. The Bertz CT molecular complexity index is 269.